The Balaban J connectivity index is 1.91. The van der Waals surface area contributed by atoms with E-state index in [1.165, 1.54) is 0 Å². The summed E-state index contributed by atoms with van der Waals surface area (Å²) in [7, 11) is 1.82. The van der Waals surface area contributed by atoms with Crippen molar-refractivity contribution in [3.63, 3.8) is 0 Å². The molecule has 0 aliphatic carbocycles. The molecule has 6 heteroatoms. The van der Waals surface area contributed by atoms with Crippen LogP contribution in [-0.2, 0) is 11.3 Å². The number of hydrogen-bond donors (Lipinski definition) is 0. The van der Waals surface area contributed by atoms with E-state index in [2.05, 4.69) is 14.9 Å². The predicted octanol–water partition coefficient (Wildman–Crippen LogP) is 2.31. The van der Waals surface area contributed by atoms with Crippen LogP contribution in [0, 0.1) is 0 Å². The summed E-state index contributed by atoms with van der Waals surface area (Å²) < 4.78 is 5.45. The molecule has 2 heterocycles. The van der Waals surface area contributed by atoms with Gasteiger partial charge >= 0.3 is 6.09 Å². The van der Waals surface area contributed by atoms with E-state index in [4.69, 9.17) is 4.74 Å². The minimum Gasteiger partial charge on any atom is -0.444 e. The monoisotopic (exact) mass is 306 g/mol. The van der Waals surface area contributed by atoms with E-state index in [1.807, 2.05) is 27.8 Å². The number of likely N-dealkylation sites (N-methyl/N-ethyl adjacent to an activating group) is 1. The third-order valence-electron chi connectivity index (χ3n) is 3.71. The van der Waals surface area contributed by atoms with Crippen LogP contribution in [0.25, 0.3) is 0 Å². The van der Waals surface area contributed by atoms with Gasteiger partial charge in [-0.2, -0.15) is 0 Å². The van der Waals surface area contributed by atoms with Crippen molar-refractivity contribution in [3.8, 4) is 0 Å². The van der Waals surface area contributed by atoms with Crippen molar-refractivity contribution in [3.05, 3.63) is 24.3 Å². The average molecular weight is 306 g/mol. The highest BCUT2D eigenvalue weighted by Crippen LogP contribution is 2.18. The van der Waals surface area contributed by atoms with Crippen molar-refractivity contribution in [2.24, 2.45) is 0 Å². The molecular formula is C16H26N4O2. The zero-order valence-corrected chi connectivity index (χ0v) is 14.0. The van der Waals surface area contributed by atoms with E-state index in [-0.39, 0.29) is 12.1 Å². The van der Waals surface area contributed by atoms with Gasteiger partial charge in [-0.05, 0) is 40.2 Å². The Labute approximate surface area is 132 Å². The Morgan fingerprint density at radius 1 is 1.45 bits per heavy atom. The minimum absolute atomic E-state index is 0.181. The number of rotatable bonds is 3. The maximum absolute atomic E-state index is 12.2. The molecule has 6 nitrogen and oxygen atoms in total. The quantitative estimate of drug-likeness (QED) is 0.857. The normalized spacial score (nSPS) is 19.7. The third kappa shape index (κ3) is 4.94. The summed E-state index contributed by atoms with van der Waals surface area (Å²) in [5.74, 6) is 0. The summed E-state index contributed by atoms with van der Waals surface area (Å²) in [5.41, 5.74) is 0.502. The molecule has 22 heavy (non-hydrogen) atoms. The number of carbonyl (C=O) groups excluding carboxylic acids is 1. The lowest BCUT2D eigenvalue weighted by Gasteiger charge is -2.37. The summed E-state index contributed by atoms with van der Waals surface area (Å²) in [6.07, 6.45) is 7.01. The largest absolute Gasteiger partial charge is 0.444 e. The van der Waals surface area contributed by atoms with E-state index in [0.717, 1.165) is 38.2 Å². The van der Waals surface area contributed by atoms with Crippen molar-refractivity contribution in [1.29, 1.82) is 0 Å². The van der Waals surface area contributed by atoms with Crippen molar-refractivity contribution in [2.75, 3.05) is 20.1 Å². The highest BCUT2D eigenvalue weighted by Gasteiger charge is 2.29. The predicted molar refractivity (Wildman–Crippen MR) is 84.3 cm³/mol. The van der Waals surface area contributed by atoms with Crippen molar-refractivity contribution in [2.45, 2.75) is 51.8 Å². The van der Waals surface area contributed by atoms with Crippen LogP contribution in [0.15, 0.2) is 18.6 Å². The molecule has 0 bridgehead atoms. The van der Waals surface area contributed by atoms with E-state index in [9.17, 15) is 4.79 Å². The number of piperidine rings is 1. The molecule has 1 atom stereocenters. The number of amides is 1. The van der Waals surface area contributed by atoms with Crippen LogP contribution in [0.5, 0.6) is 0 Å². The Bertz CT molecular complexity index is 487. The molecule has 0 saturated carbocycles. The summed E-state index contributed by atoms with van der Waals surface area (Å²) in [6, 6.07) is 0.181. The molecule has 1 aliphatic rings. The fourth-order valence-corrected chi connectivity index (χ4v) is 2.61. The van der Waals surface area contributed by atoms with Gasteiger partial charge < -0.3 is 9.64 Å². The van der Waals surface area contributed by atoms with Gasteiger partial charge in [0.15, 0.2) is 0 Å². The number of aromatic nitrogens is 2. The number of ether oxygens (including phenoxy) is 1. The van der Waals surface area contributed by atoms with Gasteiger partial charge in [0.25, 0.3) is 0 Å². The molecular weight excluding hydrogens is 280 g/mol. The van der Waals surface area contributed by atoms with E-state index in [1.54, 1.807) is 23.5 Å². The second-order valence-corrected chi connectivity index (χ2v) is 6.82. The Hall–Kier alpha value is -1.69. The first-order chi connectivity index (χ1) is 10.3. The second kappa shape index (κ2) is 7.05. The van der Waals surface area contributed by atoms with Gasteiger partial charge in [0.2, 0.25) is 0 Å². The first-order valence-corrected chi connectivity index (χ1v) is 7.78. The van der Waals surface area contributed by atoms with Crippen LogP contribution < -0.4 is 0 Å². The van der Waals surface area contributed by atoms with Crippen LogP contribution >= 0.6 is 0 Å². The Morgan fingerprint density at radius 3 is 2.86 bits per heavy atom. The summed E-state index contributed by atoms with van der Waals surface area (Å²) in [5, 5.41) is 0. The highest BCUT2D eigenvalue weighted by atomic mass is 16.6. The van der Waals surface area contributed by atoms with Gasteiger partial charge in [0, 0.05) is 44.8 Å². The fraction of sp³-hybridized carbons (Fsp3) is 0.688. The number of nitrogens with zero attached hydrogens (tertiary/aromatic N) is 4. The molecule has 1 aromatic rings. The SMILES string of the molecule is CN(C(=O)OC(C)(C)C)C1CCCN(Cc2cnccn2)C1. The Morgan fingerprint density at radius 2 is 2.23 bits per heavy atom. The Kier molecular flexibility index (Phi) is 5.34. The van der Waals surface area contributed by atoms with Crippen LogP contribution in [-0.4, -0.2) is 57.6 Å². The zero-order valence-electron chi connectivity index (χ0n) is 14.0. The molecule has 122 valence electrons. The number of likely N-dealkylation sites (tertiary alicyclic amines) is 1. The maximum Gasteiger partial charge on any atom is 0.410 e. The molecule has 1 amide bonds. The lowest BCUT2D eigenvalue weighted by molar-refractivity contribution is 0.0129. The zero-order chi connectivity index (χ0) is 16.2. The summed E-state index contributed by atoms with van der Waals surface area (Å²) in [6.45, 7) is 8.30. The smallest absolute Gasteiger partial charge is 0.410 e. The molecule has 0 radical (unpaired) electrons. The van der Waals surface area contributed by atoms with Gasteiger partial charge in [-0.25, -0.2) is 4.79 Å². The first-order valence-electron chi connectivity index (χ1n) is 7.78. The summed E-state index contributed by atoms with van der Waals surface area (Å²) >= 11 is 0. The van der Waals surface area contributed by atoms with E-state index < -0.39 is 5.60 Å². The molecule has 1 aliphatic heterocycles. The molecule has 1 aromatic heterocycles. The molecule has 1 fully saturated rings. The van der Waals surface area contributed by atoms with Gasteiger partial charge in [-0.15, -0.1) is 0 Å². The standard InChI is InChI=1S/C16H26N4O2/c1-16(2,3)22-15(21)19(4)14-6-5-9-20(12-14)11-13-10-17-7-8-18-13/h7-8,10,14H,5-6,9,11-12H2,1-4H3. The van der Waals surface area contributed by atoms with Gasteiger partial charge in [-0.1, -0.05) is 0 Å². The van der Waals surface area contributed by atoms with Crippen LogP contribution in [0.2, 0.25) is 0 Å². The average Bonchev–Trinajstić information content (AvgIpc) is 2.46. The van der Waals surface area contributed by atoms with Crippen LogP contribution in [0.3, 0.4) is 0 Å². The maximum atomic E-state index is 12.2. The molecule has 1 unspecified atom stereocenters. The van der Waals surface area contributed by atoms with Crippen molar-refractivity contribution >= 4 is 6.09 Å². The molecule has 0 spiro atoms. The van der Waals surface area contributed by atoms with Gasteiger partial charge in [-0.3, -0.25) is 14.9 Å². The minimum atomic E-state index is -0.459. The van der Waals surface area contributed by atoms with Crippen molar-refractivity contribution in [1.82, 2.24) is 19.8 Å². The van der Waals surface area contributed by atoms with E-state index >= 15 is 0 Å². The number of carbonyl (C=O) groups is 1. The van der Waals surface area contributed by atoms with Crippen molar-refractivity contribution < 1.29 is 9.53 Å². The molecule has 0 aromatic carbocycles. The lowest BCUT2D eigenvalue weighted by Crippen LogP contribution is -2.49. The van der Waals surface area contributed by atoms with E-state index in [0.29, 0.717) is 0 Å². The molecule has 0 N–H and O–H groups in total. The lowest BCUT2D eigenvalue weighted by atomic mass is 10.0. The number of hydrogen-bond acceptors (Lipinski definition) is 5. The molecule has 1 saturated heterocycles. The third-order valence-corrected chi connectivity index (χ3v) is 3.71. The molecule has 2 rings (SSSR count). The topological polar surface area (TPSA) is 58.6 Å². The van der Waals surface area contributed by atoms with Crippen LogP contribution in [0.4, 0.5) is 4.79 Å². The second-order valence-electron chi connectivity index (χ2n) is 6.82. The fourth-order valence-electron chi connectivity index (χ4n) is 2.61. The highest BCUT2D eigenvalue weighted by molar-refractivity contribution is 5.68. The van der Waals surface area contributed by atoms with Gasteiger partial charge in [0.1, 0.15) is 5.60 Å². The summed E-state index contributed by atoms with van der Waals surface area (Å²) in [4.78, 5) is 24.7. The van der Waals surface area contributed by atoms with Gasteiger partial charge in [0.05, 0.1) is 5.69 Å². The van der Waals surface area contributed by atoms with Crippen LogP contribution in [0.1, 0.15) is 39.3 Å². The first kappa shape index (κ1) is 16.7.